The number of aryl methyl sites for hydroxylation is 2. The summed E-state index contributed by atoms with van der Waals surface area (Å²) in [6, 6.07) is 1.49. The molecule has 0 bridgehead atoms. The molecule has 2 aromatic rings. The number of aromatic amines is 1. The number of nitrogens with one attached hydrogen (secondary N) is 1. The van der Waals surface area contributed by atoms with Gasteiger partial charge < -0.3 is 0 Å². The molecule has 80 valence electrons. The molecule has 5 nitrogen and oxygen atoms in total. The van der Waals surface area contributed by atoms with Crippen LogP contribution in [0, 0.1) is 6.92 Å². The molecule has 0 saturated carbocycles. The van der Waals surface area contributed by atoms with E-state index in [0.717, 1.165) is 25.1 Å². The maximum absolute atomic E-state index is 11.5. The van der Waals surface area contributed by atoms with Crippen LogP contribution < -0.4 is 5.56 Å². The van der Waals surface area contributed by atoms with Crippen molar-refractivity contribution >= 4 is 5.78 Å². The molecule has 2 heterocycles. The van der Waals surface area contributed by atoms with Gasteiger partial charge in [0.1, 0.15) is 5.82 Å². The van der Waals surface area contributed by atoms with Crippen LogP contribution >= 0.6 is 0 Å². The molecule has 0 radical (unpaired) electrons. The third-order valence-corrected chi connectivity index (χ3v) is 2.27. The fourth-order valence-electron chi connectivity index (χ4n) is 1.49. The van der Waals surface area contributed by atoms with Crippen LogP contribution in [0.25, 0.3) is 5.78 Å². The first-order valence-electron chi connectivity index (χ1n) is 5.16. The van der Waals surface area contributed by atoms with Crippen molar-refractivity contribution in [3.05, 3.63) is 27.9 Å². The van der Waals surface area contributed by atoms with Gasteiger partial charge in [0.2, 0.25) is 0 Å². The van der Waals surface area contributed by atoms with Crippen molar-refractivity contribution in [1.29, 1.82) is 0 Å². The summed E-state index contributed by atoms with van der Waals surface area (Å²) >= 11 is 0. The molecule has 5 heteroatoms. The van der Waals surface area contributed by atoms with Gasteiger partial charge in [-0.2, -0.15) is 9.50 Å². The van der Waals surface area contributed by atoms with Crippen molar-refractivity contribution in [2.75, 3.05) is 0 Å². The molecule has 0 aromatic carbocycles. The molecule has 0 atom stereocenters. The summed E-state index contributed by atoms with van der Waals surface area (Å²) in [4.78, 5) is 20.0. The molecule has 15 heavy (non-hydrogen) atoms. The van der Waals surface area contributed by atoms with Crippen LogP contribution in [-0.4, -0.2) is 19.6 Å². The van der Waals surface area contributed by atoms with Crippen molar-refractivity contribution in [2.24, 2.45) is 0 Å². The molecule has 0 fully saturated rings. The number of hydrogen-bond donors (Lipinski definition) is 1. The summed E-state index contributed by atoms with van der Waals surface area (Å²) in [5, 5.41) is 2.96. The summed E-state index contributed by atoms with van der Waals surface area (Å²) in [6.45, 7) is 3.92. The average Bonchev–Trinajstić information content (AvgIpc) is 2.57. The number of rotatable bonds is 3. The van der Waals surface area contributed by atoms with Crippen molar-refractivity contribution in [3.63, 3.8) is 0 Å². The van der Waals surface area contributed by atoms with Gasteiger partial charge in [-0.3, -0.25) is 9.89 Å². The number of fused-ring (bicyclic) bond motifs is 1. The van der Waals surface area contributed by atoms with Crippen LogP contribution in [0.1, 0.15) is 31.3 Å². The van der Waals surface area contributed by atoms with E-state index in [4.69, 9.17) is 0 Å². The minimum atomic E-state index is -0.104. The van der Waals surface area contributed by atoms with Crippen molar-refractivity contribution in [2.45, 2.75) is 33.1 Å². The second kappa shape index (κ2) is 3.84. The first-order valence-corrected chi connectivity index (χ1v) is 5.16. The SMILES string of the molecule is CCCCc1nc2nc(C)cc(=O)n2[nH]1. The smallest absolute Gasteiger partial charge is 0.274 e. The molecule has 0 spiro atoms. The molecule has 0 aliphatic rings. The van der Waals surface area contributed by atoms with Crippen LogP contribution in [0.5, 0.6) is 0 Å². The highest BCUT2D eigenvalue weighted by atomic mass is 16.1. The van der Waals surface area contributed by atoms with Gasteiger partial charge in [0.25, 0.3) is 11.3 Å². The van der Waals surface area contributed by atoms with Gasteiger partial charge >= 0.3 is 0 Å². The fraction of sp³-hybridized carbons (Fsp3) is 0.500. The Morgan fingerprint density at radius 2 is 2.27 bits per heavy atom. The molecule has 2 rings (SSSR count). The predicted octanol–water partition coefficient (Wildman–Crippen LogP) is 1.07. The van der Waals surface area contributed by atoms with Gasteiger partial charge in [-0.05, 0) is 13.3 Å². The predicted molar refractivity (Wildman–Crippen MR) is 57.0 cm³/mol. The number of hydrogen-bond acceptors (Lipinski definition) is 3. The highest BCUT2D eigenvalue weighted by Crippen LogP contribution is 2.01. The van der Waals surface area contributed by atoms with E-state index in [-0.39, 0.29) is 5.56 Å². The normalized spacial score (nSPS) is 11.1. The highest BCUT2D eigenvalue weighted by Gasteiger charge is 2.05. The second-order valence-corrected chi connectivity index (χ2v) is 3.65. The molecule has 2 aromatic heterocycles. The largest absolute Gasteiger partial charge is 0.275 e. The molecule has 0 saturated heterocycles. The lowest BCUT2D eigenvalue weighted by molar-refractivity contribution is 0.744. The van der Waals surface area contributed by atoms with Crippen LogP contribution in [-0.2, 0) is 6.42 Å². The monoisotopic (exact) mass is 206 g/mol. The molecule has 0 amide bonds. The molecule has 0 unspecified atom stereocenters. The lowest BCUT2D eigenvalue weighted by Gasteiger charge is -1.91. The van der Waals surface area contributed by atoms with Crippen LogP contribution in [0.2, 0.25) is 0 Å². The van der Waals surface area contributed by atoms with E-state index < -0.39 is 0 Å². The van der Waals surface area contributed by atoms with Gasteiger partial charge in [-0.25, -0.2) is 4.98 Å². The van der Waals surface area contributed by atoms with Gasteiger partial charge in [0, 0.05) is 18.2 Å². The zero-order valence-corrected chi connectivity index (χ0v) is 8.95. The Balaban J connectivity index is 2.46. The number of aromatic nitrogens is 4. The number of H-pyrrole nitrogens is 1. The van der Waals surface area contributed by atoms with E-state index >= 15 is 0 Å². The minimum absolute atomic E-state index is 0.104. The first-order chi connectivity index (χ1) is 7.20. The van der Waals surface area contributed by atoms with Crippen LogP contribution in [0.3, 0.4) is 0 Å². The van der Waals surface area contributed by atoms with Gasteiger partial charge in [-0.1, -0.05) is 13.3 Å². The molecule has 0 aliphatic heterocycles. The zero-order chi connectivity index (χ0) is 10.8. The fourth-order valence-corrected chi connectivity index (χ4v) is 1.49. The Morgan fingerprint density at radius 3 is 3.00 bits per heavy atom. The lowest BCUT2D eigenvalue weighted by Crippen LogP contribution is -2.14. The molecular weight excluding hydrogens is 192 g/mol. The maximum Gasteiger partial charge on any atom is 0.274 e. The van der Waals surface area contributed by atoms with Crippen molar-refractivity contribution < 1.29 is 0 Å². The Labute approximate surface area is 87.2 Å². The topological polar surface area (TPSA) is 63.1 Å². The molecule has 0 aliphatic carbocycles. The summed E-state index contributed by atoms with van der Waals surface area (Å²) in [6.07, 6.45) is 3.03. The van der Waals surface area contributed by atoms with E-state index in [9.17, 15) is 4.79 Å². The molecule has 1 N–H and O–H groups in total. The Bertz CT molecular complexity index is 526. The summed E-state index contributed by atoms with van der Waals surface area (Å²) in [7, 11) is 0. The van der Waals surface area contributed by atoms with E-state index in [1.165, 1.54) is 10.6 Å². The first kappa shape index (κ1) is 9.89. The van der Waals surface area contributed by atoms with E-state index in [1.807, 2.05) is 0 Å². The summed E-state index contributed by atoms with van der Waals surface area (Å²) < 4.78 is 1.39. The van der Waals surface area contributed by atoms with E-state index in [2.05, 4.69) is 22.0 Å². The lowest BCUT2D eigenvalue weighted by atomic mass is 10.2. The second-order valence-electron chi connectivity index (χ2n) is 3.65. The van der Waals surface area contributed by atoms with E-state index in [1.54, 1.807) is 6.92 Å². The average molecular weight is 206 g/mol. The Morgan fingerprint density at radius 1 is 1.47 bits per heavy atom. The third kappa shape index (κ3) is 1.91. The van der Waals surface area contributed by atoms with E-state index in [0.29, 0.717) is 11.5 Å². The van der Waals surface area contributed by atoms with Gasteiger partial charge in [0.15, 0.2) is 0 Å². The Kier molecular flexibility index (Phi) is 2.53. The Hall–Kier alpha value is -1.65. The third-order valence-electron chi connectivity index (χ3n) is 2.27. The van der Waals surface area contributed by atoms with Crippen molar-refractivity contribution in [1.82, 2.24) is 19.6 Å². The standard InChI is InChI=1S/C10H14N4O/c1-3-4-5-8-12-10-11-7(2)6-9(15)14(10)13-8/h6H,3-5H2,1-2H3,(H,11,12,13). The van der Waals surface area contributed by atoms with Crippen molar-refractivity contribution in [3.8, 4) is 0 Å². The highest BCUT2D eigenvalue weighted by molar-refractivity contribution is 5.27. The zero-order valence-electron chi connectivity index (χ0n) is 8.95. The maximum atomic E-state index is 11.5. The quantitative estimate of drug-likeness (QED) is 0.817. The number of nitrogens with zero attached hydrogens (tertiary/aromatic N) is 3. The summed E-state index contributed by atoms with van der Waals surface area (Å²) in [5.74, 6) is 1.29. The van der Waals surface area contributed by atoms with Crippen LogP contribution in [0.15, 0.2) is 10.9 Å². The van der Waals surface area contributed by atoms with Gasteiger partial charge in [-0.15, -0.1) is 0 Å². The van der Waals surface area contributed by atoms with Crippen LogP contribution in [0.4, 0.5) is 0 Å². The molecular formula is C10H14N4O. The summed E-state index contributed by atoms with van der Waals surface area (Å²) in [5.41, 5.74) is 0.598. The number of unbranched alkanes of at least 4 members (excludes halogenated alkanes) is 1. The van der Waals surface area contributed by atoms with Gasteiger partial charge in [0.05, 0.1) is 0 Å². The minimum Gasteiger partial charge on any atom is -0.275 e.